The molecule has 2 heterocycles. The van der Waals surface area contributed by atoms with Crippen LogP contribution in [0.25, 0.3) is 0 Å². The number of hydrogen-bond acceptors (Lipinski definition) is 7. The molecular weight excluding hydrogens is 375 g/mol. The number of carbonyl (C=O) groups excluding carboxylic acids is 2. The highest BCUT2D eigenvalue weighted by Crippen LogP contribution is 2.36. The topological polar surface area (TPSA) is 103 Å². The van der Waals surface area contributed by atoms with Crippen molar-refractivity contribution in [3.05, 3.63) is 12.4 Å². The number of carbonyl (C=O) groups is 2. The molecule has 1 saturated heterocycles. The van der Waals surface area contributed by atoms with E-state index in [1.807, 2.05) is 27.7 Å². The van der Waals surface area contributed by atoms with E-state index in [-0.39, 0.29) is 11.9 Å². The highest BCUT2D eigenvalue weighted by molar-refractivity contribution is 6.61. The number of aromatic nitrogens is 2. The van der Waals surface area contributed by atoms with Crippen molar-refractivity contribution in [2.75, 3.05) is 11.9 Å². The summed E-state index contributed by atoms with van der Waals surface area (Å²) in [5, 5.41) is 2.51. The number of amides is 2. The average Bonchev–Trinajstić information content (AvgIpc) is 2.79. The number of ether oxygens (including phenoxy) is 1. The van der Waals surface area contributed by atoms with Crippen LogP contribution in [-0.4, -0.2) is 59.0 Å². The van der Waals surface area contributed by atoms with E-state index in [2.05, 4.69) is 15.3 Å². The van der Waals surface area contributed by atoms with Gasteiger partial charge < -0.3 is 19.4 Å². The van der Waals surface area contributed by atoms with Gasteiger partial charge in [0.15, 0.2) is 0 Å². The Hall–Kier alpha value is -2.20. The van der Waals surface area contributed by atoms with E-state index in [1.165, 1.54) is 4.90 Å². The summed E-state index contributed by atoms with van der Waals surface area (Å²) in [6.45, 7) is 14.7. The molecule has 160 valence electrons. The van der Waals surface area contributed by atoms with Crippen molar-refractivity contribution in [3.63, 3.8) is 0 Å². The van der Waals surface area contributed by atoms with Gasteiger partial charge in [0.25, 0.3) is 5.91 Å². The molecule has 1 aliphatic heterocycles. The molecular formula is C19H31BN4O5. The molecule has 1 fully saturated rings. The van der Waals surface area contributed by atoms with Gasteiger partial charge in [0, 0.05) is 24.9 Å². The van der Waals surface area contributed by atoms with Gasteiger partial charge in [-0.15, -0.1) is 0 Å². The summed E-state index contributed by atoms with van der Waals surface area (Å²) in [5.74, 6) is -0.174. The van der Waals surface area contributed by atoms with Crippen molar-refractivity contribution in [3.8, 4) is 0 Å². The second kappa shape index (κ2) is 7.91. The highest BCUT2D eigenvalue weighted by atomic mass is 16.7. The number of alkyl carbamates (subject to hydrolysis) is 1. The molecule has 0 unspecified atom stereocenters. The van der Waals surface area contributed by atoms with Gasteiger partial charge in [-0.05, 0) is 55.4 Å². The fourth-order valence-electron chi connectivity index (χ4n) is 2.54. The summed E-state index contributed by atoms with van der Waals surface area (Å²) >= 11 is 0. The number of likely N-dealkylation sites (N-methyl/N-ethyl adjacent to an activating group) is 1. The smallest absolute Gasteiger partial charge is 0.444 e. The Morgan fingerprint density at radius 1 is 1.14 bits per heavy atom. The van der Waals surface area contributed by atoms with Crippen molar-refractivity contribution in [2.24, 2.45) is 0 Å². The van der Waals surface area contributed by atoms with Gasteiger partial charge in [-0.25, -0.2) is 14.8 Å². The van der Waals surface area contributed by atoms with Crippen molar-refractivity contribution in [2.45, 2.75) is 78.2 Å². The van der Waals surface area contributed by atoms with Gasteiger partial charge >= 0.3 is 13.2 Å². The summed E-state index contributed by atoms with van der Waals surface area (Å²) in [4.78, 5) is 34.2. The molecule has 1 aliphatic rings. The molecule has 0 saturated carbocycles. The minimum Gasteiger partial charge on any atom is -0.444 e. The first kappa shape index (κ1) is 23.1. The molecule has 1 atom stereocenters. The Bertz CT molecular complexity index is 745. The van der Waals surface area contributed by atoms with E-state index in [9.17, 15) is 9.59 Å². The van der Waals surface area contributed by atoms with E-state index in [0.29, 0.717) is 5.46 Å². The van der Waals surface area contributed by atoms with Crippen LogP contribution >= 0.6 is 0 Å². The first-order valence-corrected chi connectivity index (χ1v) is 9.57. The predicted molar refractivity (Wildman–Crippen MR) is 110 cm³/mol. The van der Waals surface area contributed by atoms with Crippen LogP contribution in [0.15, 0.2) is 12.4 Å². The SMILES string of the molecule is C[C@H](NC(=O)OC(C)(C)C)C(=O)N(C)c1ncc(B2OC(C)(C)C(C)(C)O2)cn1. The number of hydrogen-bond donors (Lipinski definition) is 1. The summed E-state index contributed by atoms with van der Waals surface area (Å²) < 4.78 is 17.1. The maximum Gasteiger partial charge on any atom is 0.498 e. The summed E-state index contributed by atoms with van der Waals surface area (Å²) in [6.07, 6.45) is 2.48. The van der Waals surface area contributed by atoms with Crippen LogP contribution in [0.2, 0.25) is 0 Å². The van der Waals surface area contributed by atoms with E-state index in [0.717, 1.165) is 0 Å². The Morgan fingerprint density at radius 2 is 1.62 bits per heavy atom. The van der Waals surface area contributed by atoms with Gasteiger partial charge in [-0.3, -0.25) is 9.69 Å². The van der Waals surface area contributed by atoms with Crippen LogP contribution in [0, 0.1) is 0 Å². The molecule has 9 nitrogen and oxygen atoms in total. The van der Waals surface area contributed by atoms with E-state index in [4.69, 9.17) is 14.0 Å². The van der Waals surface area contributed by atoms with E-state index >= 15 is 0 Å². The van der Waals surface area contributed by atoms with Crippen molar-refractivity contribution in [1.29, 1.82) is 0 Å². The van der Waals surface area contributed by atoms with Crippen LogP contribution in [0.3, 0.4) is 0 Å². The molecule has 0 bridgehead atoms. The zero-order chi connectivity index (χ0) is 22.2. The molecule has 0 spiro atoms. The summed E-state index contributed by atoms with van der Waals surface area (Å²) in [7, 11) is 0.960. The molecule has 2 rings (SSSR count). The molecule has 1 aromatic rings. The highest BCUT2D eigenvalue weighted by Gasteiger charge is 2.52. The molecule has 1 aromatic heterocycles. The second-order valence-corrected chi connectivity index (χ2v) is 9.17. The van der Waals surface area contributed by atoms with E-state index < -0.39 is 36.1 Å². The van der Waals surface area contributed by atoms with Gasteiger partial charge in [-0.2, -0.15) is 0 Å². The van der Waals surface area contributed by atoms with Gasteiger partial charge in [0.2, 0.25) is 5.95 Å². The Kier molecular flexibility index (Phi) is 6.30. The third-order valence-electron chi connectivity index (χ3n) is 4.92. The van der Waals surface area contributed by atoms with Crippen LogP contribution in [-0.2, 0) is 18.8 Å². The first-order chi connectivity index (χ1) is 13.1. The van der Waals surface area contributed by atoms with Crippen LogP contribution < -0.4 is 15.7 Å². The molecule has 10 heteroatoms. The third kappa shape index (κ3) is 5.45. The fraction of sp³-hybridized carbons (Fsp3) is 0.684. The standard InChI is InChI=1S/C19H31BN4O5/c1-12(23-16(26)27-17(2,3)4)14(25)24(9)15-21-10-13(11-22-15)20-28-18(5,6)19(7,8)29-20/h10-12H,1-9H3,(H,23,26)/t12-/m0/s1. The van der Waals surface area contributed by atoms with Gasteiger partial charge in [0.1, 0.15) is 11.6 Å². The summed E-state index contributed by atoms with van der Waals surface area (Å²) in [6, 6.07) is -0.804. The first-order valence-electron chi connectivity index (χ1n) is 9.57. The molecule has 2 amide bonds. The lowest BCUT2D eigenvalue weighted by Gasteiger charge is -2.32. The Morgan fingerprint density at radius 3 is 2.07 bits per heavy atom. The number of nitrogens with one attached hydrogen (secondary N) is 1. The minimum atomic E-state index is -0.804. The zero-order valence-electron chi connectivity index (χ0n) is 18.7. The quantitative estimate of drug-likeness (QED) is 0.759. The second-order valence-electron chi connectivity index (χ2n) is 9.17. The summed E-state index contributed by atoms with van der Waals surface area (Å²) in [5.41, 5.74) is -0.920. The van der Waals surface area contributed by atoms with Gasteiger partial charge in [-0.1, -0.05) is 0 Å². The average molecular weight is 406 g/mol. The zero-order valence-corrected chi connectivity index (χ0v) is 18.7. The molecule has 1 N–H and O–H groups in total. The minimum absolute atomic E-state index is 0.202. The Balaban J connectivity index is 2.02. The molecule has 0 radical (unpaired) electrons. The van der Waals surface area contributed by atoms with Crippen LogP contribution in [0.5, 0.6) is 0 Å². The van der Waals surface area contributed by atoms with Crippen LogP contribution in [0.4, 0.5) is 10.7 Å². The normalized spacial score (nSPS) is 18.9. The lowest BCUT2D eigenvalue weighted by atomic mass is 9.81. The monoisotopic (exact) mass is 406 g/mol. The van der Waals surface area contributed by atoms with Crippen molar-refractivity contribution < 1.29 is 23.6 Å². The van der Waals surface area contributed by atoms with Crippen molar-refractivity contribution in [1.82, 2.24) is 15.3 Å². The molecule has 0 aromatic carbocycles. The predicted octanol–water partition coefficient (Wildman–Crippen LogP) is 1.65. The maximum atomic E-state index is 12.6. The maximum absolute atomic E-state index is 12.6. The lowest BCUT2D eigenvalue weighted by molar-refractivity contribution is -0.120. The Labute approximate surface area is 172 Å². The van der Waals surface area contributed by atoms with E-state index in [1.54, 1.807) is 47.1 Å². The number of anilines is 1. The molecule has 29 heavy (non-hydrogen) atoms. The van der Waals surface area contributed by atoms with Crippen molar-refractivity contribution >= 4 is 30.5 Å². The largest absolute Gasteiger partial charge is 0.498 e. The van der Waals surface area contributed by atoms with Gasteiger partial charge in [0.05, 0.1) is 11.2 Å². The molecule has 0 aliphatic carbocycles. The lowest BCUT2D eigenvalue weighted by Crippen LogP contribution is -2.47. The number of nitrogens with zero attached hydrogens (tertiary/aromatic N) is 3. The fourth-order valence-corrected chi connectivity index (χ4v) is 2.54. The third-order valence-corrected chi connectivity index (χ3v) is 4.92. The van der Waals surface area contributed by atoms with Crippen LogP contribution in [0.1, 0.15) is 55.4 Å². The number of rotatable bonds is 4.